The first kappa shape index (κ1) is 17.7. The van der Waals surface area contributed by atoms with Crippen molar-refractivity contribution in [1.29, 1.82) is 0 Å². The van der Waals surface area contributed by atoms with Crippen LogP contribution in [0.1, 0.15) is 38.2 Å². The summed E-state index contributed by atoms with van der Waals surface area (Å²) in [5.74, 6) is 0.457. The number of hydrogen-bond acceptors (Lipinski definition) is 4. The highest BCUT2D eigenvalue weighted by Crippen LogP contribution is 2.48. The van der Waals surface area contributed by atoms with E-state index in [1.807, 2.05) is 19.1 Å². The van der Waals surface area contributed by atoms with Crippen LogP contribution in [-0.2, 0) is 19.6 Å². The van der Waals surface area contributed by atoms with Crippen LogP contribution in [0.25, 0.3) is 0 Å². The zero-order valence-corrected chi connectivity index (χ0v) is 16.1. The lowest BCUT2D eigenvalue weighted by Crippen LogP contribution is -2.29. The Morgan fingerprint density at radius 3 is 2.42 bits per heavy atom. The predicted octanol–water partition coefficient (Wildman–Crippen LogP) is 3.05. The van der Waals surface area contributed by atoms with Gasteiger partial charge in [0.15, 0.2) is 0 Å². The van der Waals surface area contributed by atoms with E-state index >= 15 is 0 Å². The molecule has 1 aliphatic heterocycles. The van der Waals surface area contributed by atoms with Gasteiger partial charge in [-0.15, -0.1) is 0 Å². The van der Waals surface area contributed by atoms with E-state index in [1.54, 1.807) is 16.4 Å². The molecule has 0 N–H and O–H groups in total. The van der Waals surface area contributed by atoms with Crippen LogP contribution in [0.15, 0.2) is 40.3 Å². The second-order valence-corrected chi connectivity index (χ2v) is 9.68. The topological polar surface area (TPSA) is 63.7 Å². The molecule has 5 nitrogen and oxygen atoms in total. The van der Waals surface area contributed by atoms with Crippen LogP contribution in [0.3, 0.4) is 0 Å². The molecule has 26 heavy (non-hydrogen) atoms. The van der Waals surface area contributed by atoms with Gasteiger partial charge in [0, 0.05) is 20.0 Å². The molecule has 0 amide bonds. The molecule has 3 aliphatic rings. The number of hydrogen-bond donors (Lipinski definition) is 0. The van der Waals surface area contributed by atoms with Gasteiger partial charge in [-0.1, -0.05) is 17.7 Å². The lowest BCUT2D eigenvalue weighted by Gasteiger charge is -2.28. The maximum Gasteiger partial charge on any atom is 0.303 e. The zero-order valence-electron chi connectivity index (χ0n) is 15.3. The van der Waals surface area contributed by atoms with Crippen LogP contribution >= 0.6 is 0 Å². The van der Waals surface area contributed by atoms with Gasteiger partial charge in [-0.05, 0) is 67.7 Å². The van der Waals surface area contributed by atoms with Crippen LogP contribution in [-0.4, -0.2) is 37.9 Å². The summed E-state index contributed by atoms with van der Waals surface area (Å²) in [4.78, 5) is 11.8. The van der Waals surface area contributed by atoms with Crippen molar-refractivity contribution in [3.8, 4) is 0 Å². The Labute approximate surface area is 155 Å². The second kappa shape index (κ2) is 6.50. The number of benzene rings is 1. The molecule has 1 aromatic rings. The molecule has 0 spiro atoms. The van der Waals surface area contributed by atoms with E-state index in [4.69, 9.17) is 4.74 Å². The van der Waals surface area contributed by atoms with Gasteiger partial charge in [0.05, 0.1) is 4.90 Å². The third kappa shape index (κ3) is 2.99. The molecular weight excluding hydrogens is 350 g/mol. The third-order valence-corrected chi connectivity index (χ3v) is 7.85. The average molecular weight is 375 g/mol. The fraction of sp³-hybridized carbons (Fsp3) is 0.550. The van der Waals surface area contributed by atoms with Crippen molar-refractivity contribution in [2.45, 2.75) is 50.5 Å². The Morgan fingerprint density at radius 2 is 1.73 bits per heavy atom. The van der Waals surface area contributed by atoms with Gasteiger partial charge < -0.3 is 4.74 Å². The van der Waals surface area contributed by atoms with Crippen LogP contribution < -0.4 is 0 Å². The fourth-order valence-corrected chi connectivity index (χ4v) is 6.26. The molecule has 3 atom stereocenters. The monoisotopic (exact) mass is 375 g/mol. The predicted molar refractivity (Wildman–Crippen MR) is 98.0 cm³/mol. The highest BCUT2D eigenvalue weighted by atomic mass is 32.2. The van der Waals surface area contributed by atoms with Crippen molar-refractivity contribution in [3.63, 3.8) is 0 Å². The van der Waals surface area contributed by atoms with Crippen molar-refractivity contribution >= 4 is 16.0 Å². The molecule has 1 unspecified atom stereocenters. The minimum absolute atomic E-state index is 0.155. The first-order valence-electron chi connectivity index (χ1n) is 9.33. The summed E-state index contributed by atoms with van der Waals surface area (Å²) < 4.78 is 33.3. The van der Waals surface area contributed by atoms with Gasteiger partial charge in [0.25, 0.3) is 0 Å². The smallest absolute Gasteiger partial charge is 0.303 e. The van der Waals surface area contributed by atoms with Crippen molar-refractivity contribution in [1.82, 2.24) is 4.31 Å². The molecular formula is C20H25NO4S. The highest BCUT2D eigenvalue weighted by Gasteiger charge is 2.45. The van der Waals surface area contributed by atoms with E-state index in [-0.39, 0.29) is 18.0 Å². The molecule has 0 aromatic heterocycles. The van der Waals surface area contributed by atoms with E-state index in [9.17, 15) is 13.2 Å². The van der Waals surface area contributed by atoms with Gasteiger partial charge in [0.1, 0.15) is 6.10 Å². The average Bonchev–Trinajstić information content (AvgIpc) is 3.19. The quantitative estimate of drug-likeness (QED) is 0.602. The number of rotatable bonds is 3. The number of sulfonamides is 1. The number of ether oxygens (including phenoxy) is 1. The lowest BCUT2D eigenvalue weighted by atomic mass is 9.79. The lowest BCUT2D eigenvalue weighted by molar-refractivity contribution is -0.144. The Morgan fingerprint density at radius 1 is 1.08 bits per heavy atom. The van der Waals surface area contributed by atoms with Crippen LogP contribution in [0.4, 0.5) is 0 Å². The third-order valence-electron chi connectivity index (χ3n) is 6.03. The summed E-state index contributed by atoms with van der Waals surface area (Å²) in [6.07, 6.45) is 3.84. The van der Waals surface area contributed by atoms with E-state index in [1.165, 1.54) is 18.1 Å². The maximum atomic E-state index is 13.1. The molecule has 1 heterocycles. The molecule has 140 valence electrons. The molecule has 1 saturated heterocycles. The standard InChI is InChI=1S/C20H25NO4S/c1-13-3-8-17(9-4-13)26(23,24)21-11-16-6-5-15-7-10-19(25-14(2)22)20(15)18(16)12-21/h3-4,8-9,15-16,19H,5-7,10-12H2,1-2H3/t15-,16+,19?/m1/s1. The van der Waals surface area contributed by atoms with Gasteiger partial charge in [0.2, 0.25) is 10.0 Å². The summed E-state index contributed by atoms with van der Waals surface area (Å²) in [7, 11) is -3.49. The zero-order chi connectivity index (χ0) is 18.5. The SMILES string of the molecule is CC(=O)OC1CC[C@H]2CC[C@H]3CN(S(=O)(=O)c4ccc(C)cc4)CC3=C12. The first-order valence-corrected chi connectivity index (χ1v) is 10.8. The molecule has 0 bridgehead atoms. The largest absolute Gasteiger partial charge is 0.458 e. The number of aryl methyl sites for hydroxylation is 1. The molecule has 0 radical (unpaired) electrons. The number of carbonyl (C=O) groups excluding carboxylic acids is 1. The molecule has 6 heteroatoms. The Hall–Kier alpha value is -1.66. The summed E-state index contributed by atoms with van der Waals surface area (Å²) in [6, 6.07) is 7.04. The fourth-order valence-electron chi connectivity index (χ4n) is 4.79. The molecule has 1 saturated carbocycles. The van der Waals surface area contributed by atoms with E-state index in [0.717, 1.165) is 31.2 Å². The highest BCUT2D eigenvalue weighted by molar-refractivity contribution is 7.89. The van der Waals surface area contributed by atoms with Crippen molar-refractivity contribution < 1.29 is 17.9 Å². The van der Waals surface area contributed by atoms with Crippen molar-refractivity contribution in [2.75, 3.05) is 13.1 Å². The normalized spacial score (nSPS) is 28.8. The van der Waals surface area contributed by atoms with Gasteiger partial charge in [-0.2, -0.15) is 4.31 Å². The number of carbonyl (C=O) groups is 1. The van der Waals surface area contributed by atoms with E-state index in [0.29, 0.717) is 23.9 Å². The van der Waals surface area contributed by atoms with Crippen LogP contribution in [0.2, 0.25) is 0 Å². The maximum absolute atomic E-state index is 13.1. The van der Waals surface area contributed by atoms with E-state index < -0.39 is 10.0 Å². The van der Waals surface area contributed by atoms with Crippen molar-refractivity contribution in [2.24, 2.45) is 11.8 Å². The van der Waals surface area contributed by atoms with Gasteiger partial charge >= 0.3 is 5.97 Å². The molecule has 2 aliphatic carbocycles. The summed E-state index contributed by atoms with van der Waals surface area (Å²) in [5.41, 5.74) is 3.47. The van der Waals surface area contributed by atoms with Crippen LogP contribution in [0, 0.1) is 18.8 Å². The minimum Gasteiger partial charge on any atom is -0.458 e. The van der Waals surface area contributed by atoms with Gasteiger partial charge in [-0.25, -0.2) is 8.42 Å². The summed E-state index contributed by atoms with van der Waals surface area (Å²) >= 11 is 0. The van der Waals surface area contributed by atoms with Crippen LogP contribution in [0.5, 0.6) is 0 Å². The minimum atomic E-state index is -3.49. The van der Waals surface area contributed by atoms with Gasteiger partial charge in [-0.3, -0.25) is 4.79 Å². The molecule has 1 aromatic carbocycles. The summed E-state index contributed by atoms with van der Waals surface area (Å²) in [5, 5.41) is 0. The Kier molecular flexibility index (Phi) is 4.43. The number of esters is 1. The van der Waals surface area contributed by atoms with Crippen molar-refractivity contribution in [3.05, 3.63) is 41.0 Å². The number of fused-ring (bicyclic) bond motifs is 2. The molecule has 4 rings (SSSR count). The Bertz CT molecular complexity index is 856. The first-order chi connectivity index (χ1) is 12.4. The molecule has 2 fully saturated rings. The summed E-state index contributed by atoms with van der Waals surface area (Å²) in [6.45, 7) is 4.36. The second-order valence-electron chi connectivity index (χ2n) is 7.74. The number of nitrogens with zero attached hydrogens (tertiary/aromatic N) is 1. The Balaban J connectivity index is 1.65. The van der Waals surface area contributed by atoms with E-state index in [2.05, 4.69) is 0 Å².